The van der Waals surface area contributed by atoms with Crippen LogP contribution >= 0.6 is 11.6 Å². The lowest BCUT2D eigenvalue weighted by Gasteiger charge is -2.36. The SMILES string of the molecule is Cc1c(Cl)cccc1OC[C@H](O)CNc1cc[nH]c(=O)c1-c1nc2cc3c(cc2[nH]1)C(=O)N(C1CCN(CCN(C)C)CC1)C3=O. The van der Waals surface area contributed by atoms with Gasteiger partial charge in [-0.05, 0) is 64.2 Å². The van der Waals surface area contributed by atoms with Crippen LogP contribution in [-0.2, 0) is 0 Å². The number of imidazole rings is 1. The molecular formula is C33H38ClN7O5. The second kappa shape index (κ2) is 13.2. The predicted molar refractivity (Wildman–Crippen MR) is 177 cm³/mol. The smallest absolute Gasteiger partial charge is 0.261 e. The van der Waals surface area contributed by atoms with Crippen LogP contribution in [0.1, 0.15) is 39.1 Å². The topological polar surface area (TPSA) is 147 Å². The molecule has 1 fully saturated rings. The molecule has 0 aliphatic carbocycles. The molecule has 46 heavy (non-hydrogen) atoms. The third-order valence-corrected chi connectivity index (χ3v) is 9.09. The van der Waals surface area contributed by atoms with Gasteiger partial charge in [-0.1, -0.05) is 17.7 Å². The molecular weight excluding hydrogens is 610 g/mol. The maximum Gasteiger partial charge on any atom is 0.261 e. The summed E-state index contributed by atoms with van der Waals surface area (Å²) in [4.78, 5) is 56.4. The Hall–Kier alpha value is -4.23. The van der Waals surface area contributed by atoms with E-state index in [2.05, 4.69) is 30.1 Å². The Morgan fingerprint density at radius 2 is 1.87 bits per heavy atom. The van der Waals surface area contributed by atoms with Crippen molar-refractivity contribution < 1.29 is 19.4 Å². The zero-order valence-electron chi connectivity index (χ0n) is 26.1. The zero-order valence-corrected chi connectivity index (χ0v) is 26.9. The first kappa shape index (κ1) is 31.7. The molecule has 1 saturated heterocycles. The number of imide groups is 1. The molecule has 242 valence electrons. The van der Waals surface area contributed by atoms with Crippen molar-refractivity contribution in [3.8, 4) is 17.1 Å². The molecule has 6 rings (SSSR count). The molecule has 4 heterocycles. The summed E-state index contributed by atoms with van der Waals surface area (Å²) >= 11 is 6.16. The van der Waals surface area contributed by atoms with E-state index < -0.39 is 11.7 Å². The Bertz CT molecular complexity index is 1780. The van der Waals surface area contributed by atoms with E-state index in [0.717, 1.165) is 44.6 Å². The number of H-pyrrole nitrogens is 2. The monoisotopic (exact) mass is 647 g/mol. The number of amides is 2. The lowest BCUT2D eigenvalue weighted by molar-refractivity contribution is 0.0499. The number of ether oxygens (including phenoxy) is 1. The van der Waals surface area contributed by atoms with Gasteiger partial charge in [-0.15, -0.1) is 0 Å². The Kier molecular flexibility index (Phi) is 9.14. The molecule has 0 saturated carbocycles. The van der Waals surface area contributed by atoms with Gasteiger partial charge in [0.05, 0.1) is 27.8 Å². The van der Waals surface area contributed by atoms with E-state index in [9.17, 15) is 19.5 Å². The van der Waals surface area contributed by atoms with Crippen molar-refractivity contribution in [1.82, 2.24) is 29.7 Å². The van der Waals surface area contributed by atoms with Gasteiger partial charge in [0.1, 0.15) is 29.8 Å². The predicted octanol–water partition coefficient (Wildman–Crippen LogP) is 3.35. The van der Waals surface area contributed by atoms with Gasteiger partial charge in [0.15, 0.2) is 0 Å². The minimum absolute atomic E-state index is 0.0114. The van der Waals surface area contributed by atoms with Crippen molar-refractivity contribution in [2.45, 2.75) is 31.9 Å². The van der Waals surface area contributed by atoms with E-state index in [1.807, 2.05) is 21.0 Å². The standard InChI is InChI=1S/C33H38ClN7O5/c1-19-24(34)5-4-6-28(19)46-18-21(42)17-36-25-7-10-35-31(43)29(25)30-37-26-15-22-23(16-27(26)38-30)33(45)41(32(22)44)20-8-11-40(12-9-20)14-13-39(2)3/h4-7,10,15-16,20-21,42H,8-9,11-14,17-18H2,1-3H3,(H,37,38)(H2,35,36,43)/t21-/m1/s1. The van der Waals surface area contributed by atoms with Crippen molar-refractivity contribution in [3.63, 3.8) is 0 Å². The maximum absolute atomic E-state index is 13.5. The van der Waals surface area contributed by atoms with Crippen LogP contribution in [-0.4, -0.2) is 112 Å². The molecule has 2 aromatic heterocycles. The van der Waals surface area contributed by atoms with Gasteiger partial charge in [-0.2, -0.15) is 0 Å². The molecule has 1 atom stereocenters. The van der Waals surface area contributed by atoms with Crippen LogP contribution in [0.3, 0.4) is 0 Å². The summed E-state index contributed by atoms with van der Waals surface area (Å²) in [6.07, 6.45) is 2.09. The number of nitrogens with one attached hydrogen (secondary N) is 3. The number of aromatic amines is 2. The lowest BCUT2D eigenvalue weighted by Crippen LogP contribution is -2.48. The number of benzene rings is 2. The number of fused-ring (bicyclic) bond motifs is 2. The van der Waals surface area contributed by atoms with Crippen molar-refractivity contribution in [3.05, 3.63) is 74.7 Å². The summed E-state index contributed by atoms with van der Waals surface area (Å²) in [6.45, 7) is 5.55. The number of piperidine rings is 1. The first-order chi connectivity index (χ1) is 22.1. The number of aliphatic hydroxyl groups excluding tert-OH is 1. The van der Waals surface area contributed by atoms with Crippen molar-refractivity contribution in [2.75, 3.05) is 58.7 Å². The molecule has 12 nitrogen and oxygen atoms in total. The molecule has 4 N–H and O–H groups in total. The number of halogens is 1. The minimum atomic E-state index is -0.894. The normalized spacial score (nSPS) is 16.4. The van der Waals surface area contributed by atoms with Crippen LogP contribution in [0.15, 0.2) is 47.4 Å². The summed E-state index contributed by atoms with van der Waals surface area (Å²) in [6, 6.07) is 10.1. The largest absolute Gasteiger partial charge is 0.490 e. The summed E-state index contributed by atoms with van der Waals surface area (Å²) in [7, 11) is 4.10. The number of aliphatic hydroxyl groups is 1. The van der Waals surface area contributed by atoms with Crippen LogP contribution in [0.4, 0.5) is 5.69 Å². The fraction of sp³-hybridized carbons (Fsp3) is 0.394. The number of nitrogens with zero attached hydrogens (tertiary/aromatic N) is 4. The number of hydrogen-bond donors (Lipinski definition) is 4. The van der Waals surface area contributed by atoms with Crippen LogP contribution in [0, 0.1) is 6.92 Å². The van der Waals surface area contributed by atoms with E-state index >= 15 is 0 Å². The molecule has 2 aliphatic heterocycles. The molecule has 4 aromatic rings. The molecule has 0 radical (unpaired) electrons. The number of aromatic nitrogens is 3. The van der Waals surface area contributed by atoms with Gasteiger partial charge < -0.3 is 34.9 Å². The van der Waals surface area contributed by atoms with Gasteiger partial charge in [0.2, 0.25) is 0 Å². The van der Waals surface area contributed by atoms with Crippen molar-refractivity contribution in [1.29, 1.82) is 0 Å². The highest BCUT2D eigenvalue weighted by molar-refractivity contribution is 6.31. The second-order valence-corrected chi connectivity index (χ2v) is 12.6. The number of pyridine rings is 1. The Balaban J connectivity index is 1.16. The molecule has 0 unspecified atom stereocenters. The third-order valence-electron chi connectivity index (χ3n) is 8.68. The van der Waals surface area contributed by atoms with Crippen LogP contribution in [0.2, 0.25) is 5.02 Å². The first-order valence-corrected chi connectivity index (χ1v) is 15.8. The van der Waals surface area contributed by atoms with E-state index in [0.29, 0.717) is 38.6 Å². The number of anilines is 1. The molecule has 2 aliphatic rings. The average Bonchev–Trinajstić information content (AvgIpc) is 3.55. The number of likely N-dealkylation sites (N-methyl/N-ethyl adjacent to an activating group) is 1. The van der Waals surface area contributed by atoms with Gasteiger partial charge in [0, 0.05) is 55.5 Å². The highest BCUT2D eigenvalue weighted by atomic mass is 35.5. The summed E-state index contributed by atoms with van der Waals surface area (Å²) in [5.41, 5.74) is 2.73. The minimum Gasteiger partial charge on any atom is -0.490 e. The van der Waals surface area contributed by atoms with Crippen molar-refractivity contribution in [2.24, 2.45) is 0 Å². The fourth-order valence-electron chi connectivity index (χ4n) is 6.03. The van der Waals surface area contributed by atoms with Crippen LogP contribution in [0.5, 0.6) is 5.75 Å². The van der Waals surface area contributed by atoms with Gasteiger partial charge in [-0.3, -0.25) is 19.3 Å². The summed E-state index contributed by atoms with van der Waals surface area (Å²) in [5, 5.41) is 14.3. The quantitative estimate of drug-likeness (QED) is 0.180. The first-order valence-electron chi connectivity index (χ1n) is 15.4. The highest BCUT2D eigenvalue weighted by Gasteiger charge is 2.41. The fourth-order valence-corrected chi connectivity index (χ4v) is 6.20. The Morgan fingerprint density at radius 3 is 2.61 bits per heavy atom. The lowest BCUT2D eigenvalue weighted by atomic mass is 10.0. The second-order valence-electron chi connectivity index (χ2n) is 12.2. The van der Waals surface area contributed by atoms with Gasteiger partial charge in [-0.25, -0.2) is 4.98 Å². The average molecular weight is 648 g/mol. The number of rotatable bonds is 11. The van der Waals surface area contributed by atoms with Crippen LogP contribution < -0.4 is 15.6 Å². The Morgan fingerprint density at radius 1 is 1.13 bits per heavy atom. The van der Waals surface area contributed by atoms with E-state index in [1.54, 1.807) is 36.4 Å². The Labute approximate surface area is 271 Å². The van der Waals surface area contributed by atoms with E-state index in [1.165, 1.54) is 11.1 Å². The number of carbonyl (C=O) groups excluding carboxylic acids is 2. The third kappa shape index (κ3) is 6.38. The summed E-state index contributed by atoms with van der Waals surface area (Å²) < 4.78 is 5.75. The van der Waals surface area contributed by atoms with Gasteiger partial charge >= 0.3 is 0 Å². The molecule has 0 bridgehead atoms. The zero-order chi connectivity index (χ0) is 32.5. The van der Waals surface area contributed by atoms with Crippen molar-refractivity contribution >= 4 is 40.1 Å². The van der Waals surface area contributed by atoms with Crippen LogP contribution in [0.25, 0.3) is 22.4 Å². The number of carbonyl (C=O) groups is 2. The molecule has 2 aromatic carbocycles. The maximum atomic E-state index is 13.5. The molecule has 2 amide bonds. The molecule has 13 heteroatoms. The molecule has 0 spiro atoms. The number of hydrogen-bond acceptors (Lipinski definition) is 9. The van der Waals surface area contributed by atoms with E-state index in [4.69, 9.17) is 16.3 Å². The van der Waals surface area contributed by atoms with E-state index in [-0.39, 0.29) is 42.4 Å². The summed E-state index contributed by atoms with van der Waals surface area (Å²) in [5.74, 6) is 0.250. The number of likely N-dealkylation sites (tertiary alicyclic amines) is 1. The van der Waals surface area contributed by atoms with Gasteiger partial charge in [0.25, 0.3) is 17.4 Å². The highest BCUT2D eigenvalue weighted by Crippen LogP contribution is 2.33.